The summed E-state index contributed by atoms with van der Waals surface area (Å²) in [7, 11) is -3.47. The fourth-order valence-electron chi connectivity index (χ4n) is 6.07. The largest absolute Gasteiger partial charge is 0.250 e. The summed E-state index contributed by atoms with van der Waals surface area (Å²) in [6.07, 6.45) is 9.75. The van der Waals surface area contributed by atoms with Gasteiger partial charge in [0.15, 0.2) is 0 Å². The molecule has 1 aromatic rings. The molecule has 0 aromatic carbocycles. The van der Waals surface area contributed by atoms with E-state index in [1.165, 1.54) is 38.5 Å². The quantitative estimate of drug-likeness (QED) is 0.741. The maximum absolute atomic E-state index is 12.9. The molecule has 24 heavy (non-hydrogen) atoms. The van der Waals surface area contributed by atoms with Gasteiger partial charge in [0.05, 0.1) is 4.34 Å². The van der Waals surface area contributed by atoms with Crippen molar-refractivity contribution in [2.75, 3.05) is 0 Å². The van der Waals surface area contributed by atoms with Gasteiger partial charge < -0.3 is 0 Å². The Morgan fingerprint density at radius 1 is 1.21 bits per heavy atom. The zero-order valence-electron chi connectivity index (χ0n) is 14.1. The van der Waals surface area contributed by atoms with E-state index >= 15 is 0 Å². The molecule has 134 valence electrons. The fourth-order valence-corrected chi connectivity index (χ4v) is 8.94. The van der Waals surface area contributed by atoms with Crippen LogP contribution < -0.4 is 4.72 Å². The Morgan fingerprint density at radius 3 is 2.25 bits per heavy atom. The van der Waals surface area contributed by atoms with E-state index in [1.54, 1.807) is 12.1 Å². The molecule has 4 aliphatic carbocycles. The molecule has 4 saturated carbocycles. The summed E-state index contributed by atoms with van der Waals surface area (Å²) >= 11 is 7.09. The van der Waals surface area contributed by atoms with Gasteiger partial charge in [0.2, 0.25) is 10.0 Å². The predicted molar refractivity (Wildman–Crippen MR) is 99.0 cm³/mol. The molecule has 1 aromatic heterocycles. The maximum atomic E-state index is 12.9. The van der Waals surface area contributed by atoms with E-state index in [9.17, 15) is 8.42 Å². The van der Waals surface area contributed by atoms with Crippen molar-refractivity contribution in [1.82, 2.24) is 4.72 Å². The molecule has 6 heteroatoms. The molecule has 4 fully saturated rings. The number of nitrogens with one attached hydrogen (secondary N) is 1. The zero-order valence-corrected chi connectivity index (χ0v) is 16.5. The minimum absolute atomic E-state index is 0.0711. The van der Waals surface area contributed by atoms with E-state index in [4.69, 9.17) is 11.6 Å². The standard InChI is InChI=1S/C18H26ClNO2S2/c1-2-3-15(20-24(21,22)17-5-4-16(19)23-17)18-9-12-6-13(10-18)8-14(7-12)11-18/h4-5,12-15,20H,2-3,6-11H2,1H3. The van der Waals surface area contributed by atoms with Gasteiger partial charge in [-0.2, -0.15) is 0 Å². The van der Waals surface area contributed by atoms with Gasteiger partial charge in [-0.3, -0.25) is 0 Å². The number of halogens is 1. The van der Waals surface area contributed by atoms with Gasteiger partial charge in [-0.05, 0) is 80.2 Å². The Bertz CT molecular complexity index is 677. The molecule has 4 bridgehead atoms. The summed E-state index contributed by atoms with van der Waals surface area (Å²) in [4.78, 5) is 0. The molecule has 0 amide bonds. The van der Waals surface area contributed by atoms with Gasteiger partial charge in [-0.1, -0.05) is 24.9 Å². The Balaban J connectivity index is 1.61. The predicted octanol–water partition coefficient (Wildman–Crippen LogP) is 5.06. The molecule has 4 aliphatic rings. The highest BCUT2D eigenvalue weighted by Gasteiger charge is 2.54. The van der Waals surface area contributed by atoms with Gasteiger partial charge in [0, 0.05) is 6.04 Å². The zero-order chi connectivity index (χ0) is 16.9. The molecular weight excluding hydrogens is 362 g/mol. The van der Waals surface area contributed by atoms with Gasteiger partial charge >= 0.3 is 0 Å². The van der Waals surface area contributed by atoms with E-state index in [0.29, 0.717) is 8.55 Å². The second-order valence-electron chi connectivity index (χ2n) is 8.30. The normalized spacial score (nSPS) is 36.2. The molecule has 0 radical (unpaired) electrons. The summed E-state index contributed by atoms with van der Waals surface area (Å²) in [5.74, 6) is 2.49. The highest BCUT2D eigenvalue weighted by Crippen LogP contribution is 2.61. The molecule has 1 atom stereocenters. The summed E-state index contributed by atoms with van der Waals surface area (Å²) in [5, 5.41) is 0. The number of thiophene rings is 1. The highest BCUT2D eigenvalue weighted by atomic mass is 35.5. The first-order chi connectivity index (χ1) is 11.4. The number of hydrogen-bond donors (Lipinski definition) is 1. The van der Waals surface area contributed by atoms with Crippen LogP contribution in [-0.2, 0) is 10.0 Å². The third kappa shape index (κ3) is 3.06. The van der Waals surface area contributed by atoms with Crippen LogP contribution in [0.4, 0.5) is 0 Å². The molecule has 0 spiro atoms. The van der Waals surface area contributed by atoms with E-state index in [2.05, 4.69) is 11.6 Å². The minimum Gasteiger partial charge on any atom is -0.207 e. The van der Waals surface area contributed by atoms with Crippen LogP contribution in [0.5, 0.6) is 0 Å². The van der Waals surface area contributed by atoms with E-state index in [1.807, 2.05) is 0 Å². The smallest absolute Gasteiger partial charge is 0.207 e. The first-order valence-electron chi connectivity index (χ1n) is 9.18. The number of rotatable bonds is 6. The lowest BCUT2D eigenvalue weighted by Crippen LogP contribution is -2.56. The lowest BCUT2D eigenvalue weighted by molar-refractivity contribution is -0.0712. The first kappa shape index (κ1) is 17.3. The molecule has 3 nitrogen and oxygen atoms in total. The fraction of sp³-hybridized carbons (Fsp3) is 0.778. The van der Waals surface area contributed by atoms with E-state index < -0.39 is 10.0 Å². The van der Waals surface area contributed by atoms with Crippen LogP contribution in [-0.4, -0.2) is 14.5 Å². The molecule has 1 unspecified atom stereocenters. The van der Waals surface area contributed by atoms with Gasteiger partial charge in [0.1, 0.15) is 4.21 Å². The molecule has 1 N–H and O–H groups in total. The molecule has 1 heterocycles. The summed E-state index contributed by atoms with van der Waals surface area (Å²) in [5.41, 5.74) is 0.193. The van der Waals surface area contributed by atoms with Crippen molar-refractivity contribution in [3.63, 3.8) is 0 Å². The topological polar surface area (TPSA) is 46.2 Å². The Hall–Kier alpha value is -0.100. The first-order valence-corrected chi connectivity index (χ1v) is 11.9. The number of sulfonamides is 1. The van der Waals surface area contributed by atoms with Crippen LogP contribution in [0.25, 0.3) is 0 Å². The second-order valence-corrected chi connectivity index (χ2v) is 12.0. The maximum Gasteiger partial charge on any atom is 0.250 e. The van der Waals surface area contributed by atoms with Crippen LogP contribution in [0.2, 0.25) is 4.34 Å². The minimum atomic E-state index is -3.47. The number of hydrogen-bond acceptors (Lipinski definition) is 3. The summed E-state index contributed by atoms with van der Waals surface area (Å²) in [6, 6.07) is 3.36. The third-order valence-corrected chi connectivity index (χ3v) is 9.71. The lowest BCUT2D eigenvalue weighted by atomic mass is 9.47. The molecule has 5 rings (SSSR count). The van der Waals surface area contributed by atoms with Crippen molar-refractivity contribution >= 4 is 33.0 Å². The van der Waals surface area contributed by atoms with Crippen LogP contribution >= 0.6 is 22.9 Å². The average molecular weight is 388 g/mol. The van der Waals surface area contributed by atoms with Crippen LogP contribution in [0.3, 0.4) is 0 Å². The van der Waals surface area contributed by atoms with Crippen molar-refractivity contribution in [3.05, 3.63) is 16.5 Å². The van der Waals surface area contributed by atoms with Gasteiger partial charge in [-0.15, -0.1) is 11.3 Å². The van der Waals surface area contributed by atoms with Crippen LogP contribution in [0, 0.1) is 23.2 Å². The van der Waals surface area contributed by atoms with Crippen molar-refractivity contribution in [1.29, 1.82) is 0 Å². The summed E-state index contributed by atoms with van der Waals surface area (Å²) < 4.78 is 29.7. The Kier molecular flexibility index (Phi) is 4.51. The SMILES string of the molecule is CCCC(NS(=O)(=O)c1ccc(Cl)s1)C12CC3CC(CC(C3)C1)C2. The lowest BCUT2D eigenvalue weighted by Gasteiger charge is -2.59. The van der Waals surface area contributed by atoms with Crippen molar-refractivity contribution in [2.45, 2.75) is 68.5 Å². The average Bonchev–Trinajstić information content (AvgIpc) is 2.93. The van der Waals surface area contributed by atoms with Crippen LogP contribution in [0.1, 0.15) is 58.3 Å². The molecular formula is C18H26ClNO2S2. The van der Waals surface area contributed by atoms with Crippen LogP contribution in [0.15, 0.2) is 16.3 Å². The van der Waals surface area contributed by atoms with Gasteiger partial charge in [0.25, 0.3) is 0 Å². The van der Waals surface area contributed by atoms with Crippen molar-refractivity contribution in [3.8, 4) is 0 Å². The monoisotopic (exact) mass is 387 g/mol. The van der Waals surface area contributed by atoms with Crippen molar-refractivity contribution in [2.24, 2.45) is 23.2 Å². The van der Waals surface area contributed by atoms with E-state index in [-0.39, 0.29) is 11.5 Å². The van der Waals surface area contributed by atoms with Gasteiger partial charge in [-0.25, -0.2) is 13.1 Å². The Morgan fingerprint density at radius 2 is 1.79 bits per heavy atom. The highest BCUT2D eigenvalue weighted by molar-refractivity contribution is 7.91. The third-order valence-electron chi connectivity index (χ3n) is 6.51. The Labute approximate surface area is 154 Å². The molecule has 0 saturated heterocycles. The molecule has 0 aliphatic heterocycles. The van der Waals surface area contributed by atoms with E-state index in [0.717, 1.165) is 41.9 Å². The van der Waals surface area contributed by atoms with Crippen molar-refractivity contribution < 1.29 is 8.42 Å². The second kappa shape index (κ2) is 6.26. The summed E-state index contributed by atoms with van der Waals surface area (Å²) in [6.45, 7) is 2.16.